The van der Waals surface area contributed by atoms with Gasteiger partial charge in [0.1, 0.15) is 10.7 Å². The van der Waals surface area contributed by atoms with Gasteiger partial charge in [0.15, 0.2) is 0 Å². The van der Waals surface area contributed by atoms with E-state index >= 15 is 0 Å². The lowest BCUT2D eigenvalue weighted by Gasteiger charge is -2.36. The Morgan fingerprint density at radius 1 is 1.40 bits per heavy atom. The highest BCUT2D eigenvalue weighted by atomic mass is 32.2. The SMILES string of the molecule is Cc1ccc(F)c(S(=O)(=O)N2CC(CN)CCC2C)c1. The van der Waals surface area contributed by atoms with Crippen LogP contribution in [-0.2, 0) is 10.0 Å². The van der Waals surface area contributed by atoms with Gasteiger partial charge in [-0.05, 0) is 56.8 Å². The molecule has 112 valence electrons. The van der Waals surface area contributed by atoms with Crippen molar-refractivity contribution in [3.63, 3.8) is 0 Å². The first-order chi connectivity index (χ1) is 9.36. The van der Waals surface area contributed by atoms with Gasteiger partial charge in [0.25, 0.3) is 0 Å². The third-order valence-electron chi connectivity index (χ3n) is 3.93. The van der Waals surface area contributed by atoms with Crippen molar-refractivity contribution in [1.29, 1.82) is 0 Å². The predicted molar refractivity (Wildman–Crippen MR) is 76.3 cm³/mol. The van der Waals surface area contributed by atoms with E-state index in [-0.39, 0.29) is 16.9 Å². The summed E-state index contributed by atoms with van der Waals surface area (Å²) in [5, 5.41) is 0. The van der Waals surface area contributed by atoms with Gasteiger partial charge in [-0.2, -0.15) is 4.31 Å². The Labute approximate surface area is 119 Å². The Morgan fingerprint density at radius 3 is 2.75 bits per heavy atom. The molecule has 0 aromatic heterocycles. The van der Waals surface area contributed by atoms with E-state index in [1.54, 1.807) is 13.0 Å². The summed E-state index contributed by atoms with van der Waals surface area (Å²) >= 11 is 0. The second-order valence-electron chi connectivity index (χ2n) is 5.54. The molecule has 0 radical (unpaired) electrons. The minimum absolute atomic E-state index is 0.122. The lowest BCUT2D eigenvalue weighted by atomic mass is 9.96. The summed E-state index contributed by atoms with van der Waals surface area (Å²) in [6.07, 6.45) is 1.68. The van der Waals surface area contributed by atoms with E-state index in [0.717, 1.165) is 18.4 Å². The molecule has 1 aliphatic heterocycles. The Hall–Kier alpha value is -0.980. The maximum atomic E-state index is 13.9. The van der Waals surface area contributed by atoms with Crippen molar-refractivity contribution in [1.82, 2.24) is 4.31 Å². The highest BCUT2D eigenvalue weighted by Crippen LogP contribution is 2.29. The fourth-order valence-corrected chi connectivity index (χ4v) is 4.50. The molecule has 0 bridgehead atoms. The smallest absolute Gasteiger partial charge is 0.246 e. The van der Waals surface area contributed by atoms with Crippen molar-refractivity contribution in [2.24, 2.45) is 11.7 Å². The number of rotatable bonds is 3. The van der Waals surface area contributed by atoms with Gasteiger partial charge in [0.2, 0.25) is 10.0 Å². The number of nitrogens with two attached hydrogens (primary N) is 1. The molecule has 2 rings (SSSR count). The second-order valence-corrected chi connectivity index (χ2v) is 7.40. The van der Waals surface area contributed by atoms with Gasteiger partial charge in [-0.3, -0.25) is 0 Å². The quantitative estimate of drug-likeness (QED) is 0.927. The average molecular weight is 300 g/mol. The van der Waals surface area contributed by atoms with Crippen molar-refractivity contribution in [3.8, 4) is 0 Å². The molecule has 1 fully saturated rings. The van der Waals surface area contributed by atoms with E-state index in [4.69, 9.17) is 5.73 Å². The van der Waals surface area contributed by atoms with Crippen LogP contribution in [0, 0.1) is 18.7 Å². The van der Waals surface area contributed by atoms with E-state index in [1.807, 2.05) is 6.92 Å². The molecule has 2 unspecified atom stereocenters. The van der Waals surface area contributed by atoms with Gasteiger partial charge in [0.05, 0.1) is 0 Å². The molecule has 2 atom stereocenters. The Kier molecular flexibility index (Phi) is 4.46. The van der Waals surface area contributed by atoms with Crippen molar-refractivity contribution in [2.75, 3.05) is 13.1 Å². The number of hydrogen-bond acceptors (Lipinski definition) is 3. The zero-order chi connectivity index (χ0) is 14.9. The topological polar surface area (TPSA) is 63.4 Å². The molecule has 4 nitrogen and oxygen atoms in total. The molecule has 20 heavy (non-hydrogen) atoms. The maximum absolute atomic E-state index is 13.9. The maximum Gasteiger partial charge on any atom is 0.246 e. The number of piperidine rings is 1. The van der Waals surface area contributed by atoms with Gasteiger partial charge >= 0.3 is 0 Å². The number of halogens is 1. The molecule has 0 saturated carbocycles. The van der Waals surface area contributed by atoms with Crippen LogP contribution in [0.3, 0.4) is 0 Å². The van der Waals surface area contributed by atoms with E-state index in [9.17, 15) is 12.8 Å². The van der Waals surface area contributed by atoms with Crippen LogP contribution in [0.5, 0.6) is 0 Å². The Morgan fingerprint density at radius 2 is 2.10 bits per heavy atom. The van der Waals surface area contributed by atoms with Crippen LogP contribution in [0.1, 0.15) is 25.3 Å². The standard InChI is InChI=1S/C14H21FN2O2S/c1-10-3-6-13(15)14(7-10)20(18,19)17-9-12(8-16)5-4-11(17)2/h3,6-7,11-12H,4-5,8-9,16H2,1-2H3. The monoisotopic (exact) mass is 300 g/mol. The third kappa shape index (κ3) is 2.87. The normalized spacial score (nSPS) is 24.8. The molecular formula is C14H21FN2O2S. The van der Waals surface area contributed by atoms with Crippen molar-refractivity contribution in [3.05, 3.63) is 29.6 Å². The molecule has 0 spiro atoms. The van der Waals surface area contributed by atoms with Crippen LogP contribution >= 0.6 is 0 Å². The largest absolute Gasteiger partial charge is 0.330 e. The van der Waals surface area contributed by atoms with Crippen molar-refractivity contribution < 1.29 is 12.8 Å². The summed E-state index contributed by atoms with van der Waals surface area (Å²) in [6.45, 7) is 4.43. The molecule has 1 heterocycles. The van der Waals surface area contributed by atoms with Crippen LogP contribution in [0.4, 0.5) is 4.39 Å². The number of nitrogens with zero attached hydrogens (tertiary/aromatic N) is 1. The van der Waals surface area contributed by atoms with Gasteiger partial charge < -0.3 is 5.73 Å². The second kappa shape index (κ2) is 5.79. The lowest BCUT2D eigenvalue weighted by molar-refractivity contribution is 0.210. The summed E-state index contributed by atoms with van der Waals surface area (Å²) < 4.78 is 40.6. The zero-order valence-electron chi connectivity index (χ0n) is 11.8. The van der Waals surface area contributed by atoms with Crippen LogP contribution in [0.15, 0.2) is 23.1 Å². The number of benzene rings is 1. The minimum atomic E-state index is -3.80. The van der Waals surface area contributed by atoms with E-state index in [2.05, 4.69) is 0 Å². The first-order valence-corrected chi connectivity index (χ1v) is 8.28. The summed E-state index contributed by atoms with van der Waals surface area (Å²) in [6, 6.07) is 4.04. The van der Waals surface area contributed by atoms with Gasteiger partial charge in [0, 0.05) is 12.6 Å². The van der Waals surface area contributed by atoms with E-state index in [0.29, 0.717) is 13.1 Å². The summed E-state index contributed by atoms with van der Waals surface area (Å²) in [5.41, 5.74) is 6.38. The van der Waals surface area contributed by atoms with Crippen LogP contribution in [0.25, 0.3) is 0 Å². The summed E-state index contributed by atoms with van der Waals surface area (Å²) in [7, 11) is -3.80. The number of sulfonamides is 1. The van der Waals surface area contributed by atoms with Crippen LogP contribution in [-0.4, -0.2) is 31.9 Å². The highest BCUT2D eigenvalue weighted by molar-refractivity contribution is 7.89. The average Bonchev–Trinajstić information content (AvgIpc) is 2.41. The van der Waals surface area contributed by atoms with Gasteiger partial charge in [-0.25, -0.2) is 12.8 Å². The molecule has 1 aromatic carbocycles. The fraction of sp³-hybridized carbons (Fsp3) is 0.571. The fourth-order valence-electron chi connectivity index (χ4n) is 2.61. The molecule has 2 N–H and O–H groups in total. The molecule has 0 amide bonds. The van der Waals surface area contributed by atoms with E-state index < -0.39 is 15.8 Å². The first kappa shape index (κ1) is 15.4. The molecule has 1 saturated heterocycles. The van der Waals surface area contributed by atoms with Crippen molar-refractivity contribution >= 4 is 10.0 Å². The minimum Gasteiger partial charge on any atom is -0.330 e. The highest BCUT2D eigenvalue weighted by Gasteiger charge is 2.35. The van der Waals surface area contributed by atoms with Crippen LogP contribution in [0.2, 0.25) is 0 Å². The number of aryl methyl sites for hydroxylation is 1. The van der Waals surface area contributed by atoms with Crippen LogP contribution < -0.4 is 5.73 Å². The van der Waals surface area contributed by atoms with Crippen molar-refractivity contribution in [2.45, 2.75) is 37.6 Å². The molecule has 1 aliphatic rings. The summed E-state index contributed by atoms with van der Waals surface area (Å²) in [4.78, 5) is -0.234. The predicted octanol–water partition coefficient (Wildman–Crippen LogP) is 1.88. The van der Waals surface area contributed by atoms with Gasteiger partial charge in [-0.1, -0.05) is 6.07 Å². The molecule has 1 aromatic rings. The third-order valence-corrected chi connectivity index (χ3v) is 5.92. The van der Waals surface area contributed by atoms with E-state index in [1.165, 1.54) is 16.4 Å². The Balaban J connectivity index is 2.40. The number of hydrogen-bond donors (Lipinski definition) is 1. The zero-order valence-corrected chi connectivity index (χ0v) is 12.7. The molecule has 0 aliphatic carbocycles. The summed E-state index contributed by atoms with van der Waals surface area (Å²) in [5.74, 6) is -0.550. The molecule has 6 heteroatoms. The first-order valence-electron chi connectivity index (χ1n) is 6.84. The molecular weight excluding hydrogens is 279 g/mol. The van der Waals surface area contributed by atoms with Gasteiger partial charge in [-0.15, -0.1) is 0 Å². The lowest BCUT2D eigenvalue weighted by Crippen LogP contribution is -2.47. The Bertz CT molecular complexity index is 589.